The van der Waals surface area contributed by atoms with Gasteiger partial charge in [0.25, 0.3) is 0 Å². The minimum absolute atomic E-state index is 0.219. The van der Waals surface area contributed by atoms with Crippen LogP contribution in [0.15, 0.2) is 65.7 Å². The molecule has 0 aliphatic carbocycles. The first-order valence-corrected chi connectivity index (χ1v) is 9.55. The summed E-state index contributed by atoms with van der Waals surface area (Å²) in [5.41, 5.74) is 0.764. The summed E-state index contributed by atoms with van der Waals surface area (Å²) < 4.78 is 32.9. The number of benzene rings is 2. The van der Waals surface area contributed by atoms with Crippen molar-refractivity contribution in [1.82, 2.24) is 9.71 Å². The zero-order chi connectivity index (χ0) is 17.9. The lowest BCUT2D eigenvalue weighted by Gasteiger charge is -2.11. The van der Waals surface area contributed by atoms with Gasteiger partial charge in [0, 0.05) is 18.1 Å². The second-order valence-corrected chi connectivity index (χ2v) is 7.92. The normalized spacial score (nSPS) is 11.8. The number of para-hydroxylation sites is 1. The molecule has 130 valence electrons. The average Bonchev–Trinajstić information content (AvgIpc) is 2.61. The van der Waals surface area contributed by atoms with Crippen molar-refractivity contribution in [3.63, 3.8) is 0 Å². The van der Waals surface area contributed by atoms with E-state index in [0.717, 1.165) is 10.9 Å². The van der Waals surface area contributed by atoms with Gasteiger partial charge in [0.2, 0.25) is 10.0 Å². The monoisotopic (exact) mass is 356 g/mol. The first kappa shape index (κ1) is 17.4. The lowest BCUT2D eigenvalue weighted by molar-refractivity contribution is 0.486. The molecule has 0 aliphatic heterocycles. The van der Waals surface area contributed by atoms with Crippen molar-refractivity contribution in [3.05, 3.63) is 60.8 Å². The van der Waals surface area contributed by atoms with Crippen LogP contribution in [0.25, 0.3) is 10.9 Å². The smallest absolute Gasteiger partial charge is 0.240 e. The molecule has 0 radical (unpaired) electrons. The van der Waals surface area contributed by atoms with Gasteiger partial charge in [-0.1, -0.05) is 32.0 Å². The molecule has 0 atom stereocenters. The standard InChI is InChI=1S/C19H20N2O3S/c1-14(2)13-21-25(22,23)17-10-8-16(9-11-17)24-18-7-3-5-15-6-4-12-20-19(15)18/h3-12,14,21H,13H2,1-2H3. The Morgan fingerprint density at radius 1 is 1.04 bits per heavy atom. The van der Waals surface area contributed by atoms with Crippen LogP contribution in [0.4, 0.5) is 0 Å². The van der Waals surface area contributed by atoms with Crippen LogP contribution in [-0.4, -0.2) is 19.9 Å². The number of rotatable bonds is 6. The summed E-state index contributed by atoms with van der Waals surface area (Å²) in [6, 6.07) is 15.9. The number of hydrogen-bond acceptors (Lipinski definition) is 4. The van der Waals surface area contributed by atoms with Gasteiger partial charge in [0.15, 0.2) is 5.75 Å². The van der Waals surface area contributed by atoms with Crippen molar-refractivity contribution in [2.45, 2.75) is 18.7 Å². The summed E-state index contributed by atoms with van der Waals surface area (Å²) in [6.45, 7) is 4.32. The summed E-state index contributed by atoms with van der Waals surface area (Å²) >= 11 is 0. The van der Waals surface area contributed by atoms with Crippen molar-refractivity contribution in [3.8, 4) is 11.5 Å². The van der Waals surface area contributed by atoms with Crippen molar-refractivity contribution >= 4 is 20.9 Å². The molecule has 3 aromatic rings. The van der Waals surface area contributed by atoms with Crippen LogP contribution < -0.4 is 9.46 Å². The van der Waals surface area contributed by atoms with E-state index in [1.165, 1.54) is 12.1 Å². The molecule has 0 spiro atoms. The Labute approximate surface area is 147 Å². The van der Waals surface area contributed by atoms with Crippen molar-refractivity contribution < 1.29 is 13.2 Å². The van der Waals surface area contributed by atoms with Crippen LogP contribution in [0.1, 0.15) is 13.8 Å². The van der Waals surface area contributed by atoms with Crippen LogP contribution in [0.2, 0.25) is 0 Å². The predicted molar refractivity (Wildman–Crippen MR) is 98.3 cm³/mol. The van der Waals surface area contributed by atoms with Gasteiger partial charge < -0.3 is 4.74 Å². The average molecular weight is 356 g/mol. The quantitative estimate of drug-likeness (QED) is 0.726. The molecule has 0 fully saturated rings. The number of pyridine rings is 1. The Morgan fingerprint density at radius 3 is 2.48 bits per heavy atom. The molecule has 0 unspecified atom stereocenters. The van der Waals surface area contributed by atoms with Crippen LogP contribution in [0.3, 0.4) is 0 Å². The maximum absolute atomic E-state index is 12.2. The Morgan fingerprint density at radius 2 is 1.76 bits per heavy atom. The highest BCUT2D eigenvalue weighted by molar-refractivity contribution is 7.89. The number of aromatic nitrogens is 1. The van der Waals surface area contributed by atoms with Gasteiger partial charge in [0.05, 0.1) is 4.90 Å². The van der Waals surface area contributed by atoms with E-state index < -0.39 is 10.0 Å². The number of fused-ring (bicyclic) bond motifs is 1. The van der Waals surface area contributed by atoms with E-state index in [-0.39, 0.29) is 10.8 Å². The molecular weight excluding hydrogens is 336 g/mol. The minimum Gasteiger partial charge on any atom is -0.455 e. The number of nitrogens with one attached hydrogen (secondary N) is 1. The van der Waals surface area contributed by atoms with Gasteiger partial charge in [-0.05, 0) is 42.3 Å². The third kappa shape index (κ3) is 4.15. The van der Waals surface area contributed by atoms with E-state index in [4.69, 9.17) is 4.74 Å². The lowest BCUT2D eigenvalue weighted by atomic mass is 10.2. The van der Waals surface area contributed by atoms with Gasteiger partial charge in [-0.3, -0.25) is 4.98 Å². The lowest BCUT2D eigenvalue weighted by Crippen LogP contribution is -2.27. The van der Waals surface area contributed by atoms with Gasteiger partial charge >= 0.3 is 0 Å². The molecule has 2 aromatic carbocycles. The van der Waals surface area contributed by atoms with Gasteiger partial charge in [-0.25, -0.2) is 13.1 Å². The van der Waals surface area contributed by atoms with Crippen LogP contribution in [-0.2, 0) is 10.0 Å². The summed E-state index contributed by atoms with van der Waals surface area (Å²) in [4.78, 5) is 4.56. The Kier molecular flexibility index (Phi) is 5.01. The molecule has 5 nitrogen and oxygen atoms in total. The first-order chi connectivity index (χ1) is 12.0. The van der Waals surface area contributed by atoms with E-state index in [9.17, 15) is 8.42 Å². The summed E-state index contributed by atoms with van der Waals surface area (Å²) in [6.07, 6.45) is 1.71. The van der Waals surface area contributed by atoms with Gasteiger partial charge in [-0.15, -0.1) is 0 Å². The second-order valence-electron chi connectivity index (χ2n) is 6.15. The summed E-state index contributed by atoms with van der Waals surface area (Å²) in [7, 11) is -3.50. The first-order valence-electron chi connectivity index (χ1n) is 8.07. The second kappa shape index (κ2) is 7.21. The Bertz CT molecular complexity index is 962. The topological polar surface area (TPSA) is 68.3 Å². The van der Waals surface area contributed by atoms with Crippen LogP contribution in [0.5, 0.6) is 11.5 Å². The van der Waals surface area contributed by atoms with Gasteiger partial charge in [0.1, 0.15) is 11.3 Å². The van der Waals surface area contributed by atoms with Crippen LogP contribution >= 0.6 is 0 Å². The molecule has 25 heavy (non-hydrogen) atoms. The van der Waals surface area contributed by atoms with Crippen molar-refractivity contribution in [1.29, 1.82) is 0 Å². The van der Waals surface area contributed by atoms with E-state index >= 15 is 0 Å². The molecule has 6 heteroatoms. The Balaban J connectivity index is 1.81. The van der Waals surface area contributed by atoms with E-state index in [2.05, 4.69) is 9.71 Å². The highest BCUT2D eigenvalue weighted by Crippen LogP contribution is 2.28. The van der Waals surface area contributed by atoms with Crippen molar-refractivity contribution in [2.75, 3.05) is 6.54 Å². The van der Waals surface area contributed by atoms with Gasteiger partial charge in [-0.2, -0.15) is 0 Å². The molecule has 1 aromatic heterocycles. The number of nitrogens with zero attached hydrogens (tertiary/aromatic N) is 1. The fraction of sp³-hybridized carbons (Fsp3) is 0.211. The summed E-state index contributed by atoms with van der Waals surface area (Å²) in [5.74, 6) is 1.43. The number of hydrogen-bond donors (Lipinski definition) is 1. The fourth-order valence-corrected chi connectivity index (χ4v) is 3.55. The molecular formula is C19H20N2O3S. The van der Waals surface area contributed by atoms with E-state index in [1.807, 2.05) is 44.2 Å². The summed E-state index contributed by atoms with van der Waals surface area (Å²) in [5, 5.41) is 0.983. The highest BCUT2D eigenvalue weighted by Gasteiger charge is 2.14. The molecule has 0 saturated heterocycles. The Hall–Kier alpha value is -2.44. The number of sulfonamides is 1. The SMILES string of the molecule is CC(C)CNS(=O)(=O)c1ccc(Oc2cccc3cccnc23)cc1. The van der Waals surface area contributed by atoms with E-state index in [1.54, 1.807) is 18.3 Å². The molecule has 1 N–H and O–H groups in total. The third-order valence-corrected chi connectivity index (χ3v) is 5.08. The van der Waals surface area contributed by atoms with Crippen LogP contribution in [0, 0.1) is 5.92 Å². The third-order valence-electron chi connectivity index (χ3n) is 3.64. The zero-order valence-electron chi connectivity index (χ0n) is 14.1. The molecule has 0 bridgehead atoms. The molecule has 0 aliphatic rings. The largest absolute Gasteiger partial charge is 0.455 e. The predicted octanol–water partition coefficient (Wildman–Crippen LogP) is 3.96. The minimum atomic E-state index is -3.50. The number of ether oxygens (including phenoxy) is 1. The fourth-order valence-electron chi connectivity index (χ4n) is 2.33. The van der Waals surface area contributed by atoms with Crippen molar-refractivity contribution in [2.24, 2.45) is 5.92 Å². The molecule has 1 heterocycles. The molecule has 0 saturated carbocycles. The zero-order valence-corrected chi connectivity index (χ0v) is 15.0. The highest BCUT2D eigenvalue weighted by atomic mass is 32.2. The maximum atomic E-state index is 12.2. The van der Waals surface area contributed by atoms with E-state index in [0.29, 0.717) is 18.0 Å². The molecule has 0 amide bonds. The maximum Gasteiger partial charge on any atom is 0.240 e. The molecule has 3 rings (SSSR count).